The fraction of sp³-hybridized carbons (Fsp3) is 0.750. The quantitative estimate of drug-likeness (QED) is 0.460. The third kappa shape index (κ3) is 12.9. The van der Waals surface area contributed by atoms with Crippen molar-refractivity contribution in [3.8, 4) is 0 Å². The summed E-state index contributed by atoms with van der Waals surface area (Å²) in [6.45, 7) is 8.40. The molecule has 0 aliphatic heterocycles. The van der Waals surface area contributed by atoms with Gasteiger partial charge in [0, 0.05) is 13.1 Å². The summed E-state index contributed by atoms with van der Waals surface area (Å²) in [4.78, 5) is 11.2. The molecule has 17 heavy (non-hydrogen) atoms. The summed E-state index contributed by atoms with van der Waals surface area (Å²) in [6, 6.07) is 0. The average Bonchev–Trinajstić information content (AvgIpc) is 2.19. The van der Waals surface area contributed by atoms with Crippen molar-refractivity contribution in [2.45, 2.75) is 32.8 Å². The first kappa shape index (κ1) is 15.9. The number of hydrogen-bond donors (Lipinski definition) is 3. The fourth-order valence-electron chi connectivity index (χ4n) is 1.04. The van der Waals surface area contributed by atoms with E-state index in [-0.39, 0.29) is 0 Å². The minimum atomic E-state index is -0.447. The Kier molecular flexibility index (Phi) is 8.44. The van der Waals surface area contributed by atoms with Crippen molar-refractivity contribution in [2.75, 3.05) is 26.2 Å². The first-order valence-corrected chi connectivity index (χ1v) is 5.98. The minimum absolute atomic E-state index is 0.391. The van der Waals surface area contributed by atoms with Gasteiger partial charge in [0.25, 0.3) is 0 Å². The van der Waals surface area contributed by atoms with Crippen molar-refractivity contribution in [3.05, 3.63) is 12.2 Å². The Balaban J connectivity index is 3.43. The molecule has 0 saturated carbocycles. The molecule has 0 spiro atoms. The molecule has 1 amide bonds. The van der Waals surface area contributed by atoms with E-state index in [4.69, 9.17) is 10.5 Å². The average molecular weight is 243 g/mol. The molecule has 0 unspecified atom stereocenters. The van der Waals surface area contributed by atoms with Crippen LogP contribution in [0.4, 0.5) is 4.79 Å². The van der Waals surface area contributed by atoms with E-state index in [2.05, 4.69) is 10.6 Å². The van der Waals surface area contributed by atoms with Crippen LogP contribution in [-0.4, -0.2) is 37.9 Å². The van der Waals surface area contributed by atoms with Gasteiger partial charge in [-0.25, -0.2) is 4.79 Å². The molecule has 0 atom stereocenters. The van der Waals surface area contributed by atoms with Gasteiger partial charge in [-0.05, 0) is 40.3 Å². The van der Waals surface area contributed by atoms with Gasteiger partial charge in [-0.1, -0.05) is 12.2 Å². The molecule has 0 aliphatic rings. The highest BCUT2D eigenvalue weighted by Crippen LogP contribution is 2.05. The van der Waals surface area contributed by atoms with Gasteiger partial charge in [0.1, 0.15) is 5.60 Å². The smallest absolute Gasteiger partial charge is 0.407 e. The number of nitrogens with two attached hydrogens (primary N) is 1. The van der Waals surface area contributed by atoms with Crippen LogP contribution in [0, 0.1) is 0 Å². The summed E-state index contributed by atoms with van der Waals surface area (Å²) in [6.07, 6.45) is 4.44. The van der Waals surface area contributed by atoms with Crippen LogP contribution in [0.3, 0.4) is 0 Å². The maximum absolute atomic E-state index is 11.2. The molecule has 5 nitrogen and oxygen atoms in total. The van der Waals surface area contributed by atoms with E-state index in [9.17, 15) is 4.79 Å². The Morgan fingerprint density at radius 1 is 1.29 bits per heavy atom. The Hall–Kier alpha value is -1.07. The first-order valence-electron chi connectivity index (χ1n) is 5.98. The Bertz CT molecular complexity index is 234. The highest BCUT2D eigenvalue weighted by Gasteiger charge is 2.14. The van der Waals surface area contributed by atoms with Gasteiger partial charge in [-0.2, -0.15) is 0 Å². The molecule has 0 aromatic heterocycles. The topological polar surface area (TPSA) is 76.4 Å². The summed E-state index contributed by atoms with van der Waals surface area (Å²) in [5.74, 6) is 0. The van der Waals surface area contributed by atoms with Crippen molar-refractivity contribution >= 4 is 6.09 Å². The van der Waals surface area contributed by atoms with Crippen LogP contribution < -0.4 is 16.4 Å². The van der Waals surface area contributed by atoms with Crippen LogP contribution in [0.2, 0.25) is 0 Å². The molecule has 0 fully saturated rings. The van der Waals surface area contributed by atoms with Crippen molar-refractivity contribution in [1.29, 1.82) is 0 Å². The van der Waals surface area contributed by atoms with Crippen LogP contribution in [-0.2, 0) is 4.74 Å². The largest absolute Gasteiger partial charge is 0.444 e. The molecule has 0 aliphatic carbocycles. The van der Waals surface area contributed by atoms with E-state index in [0.29, 0.717) is 13.1 Å². The number of carbonyl (C=O) groups excluding carboxylic acids is 1. The van der Waals surface area contributed by atoms with E-state index in [1.165, 1.54) is 0 Å². The molecule has 4 N–H and O–H groups in total. The number of amides is 1. The van der Waals surface area contributed by atoms with Crippen LogP contribution in [0.1, 0.15) is 27.2 Å². The van der Waals surface area contributed by atoms with Crippen LogP contribution >= 0.6 is 0 Å². The van der Waals surface area contributed by atoms with E-state index in [1.54, 1.807) is 0 Å². The third-order valence-corrected chi connectivity index (χ3v) is 1.75. The van der Waals surface area contributed by atoms with Crippen LogP contribution in [0.5, 0.6) is 0 Å². The number of ether oxygens (including phenoxy) is 1. The summed E-state index contributed by atoms with van der Waals surface area (Å²) < 4.78 is 5.08. The highest BCUT2D eigenvalue weighted by molar-refractivity contribution is 5.67. The molecule has 0 bridgehead atoms. The number of rotatable bonds is 7. The summed E-state index contributed by atoms with van der Waals surface area (Å²) >= 11 is 0. The minimum Gasteiger partial charge on any atom is -0.444 e. The van der Waals surface area contributed by atoms with Crippen molar-refractivity contribution in [2.24, 2.45) is 5.73 Å². The lowest BCUT2D eigenvalue weighted by Crippen LogP contribution is -2.32. The van der Waals surface area contributed by atoms with Crippen LogP contribution in [0.15, 0.2) is 12.2 Å². The molecular weight excluding hydrogens is 218 g/mol. The lowest BCUT2D eigenvalue weighted by atomic mass is 10.2. The monoisotopic (exact) mass is 243 g/mol. The SMILES string of the molecule is CC(C)(C)OC(=O)NC/C=C/CNCCCN. The van der Waals surface area contributed by atoms with Gasteiger partial charge in [-0.15, -0.1) is 0 Å². The molecule has 0 saturated heterocycles. The second-order valence-corrected chi connectivity index (χ2v) is 4.70. The van der Waals surface area contributed by atoms with Gasteiger partial charge < -0.3 is 21.1 Å². The highest BCUT2D eigenvalue weighted by atomic mass is 16.6. The Labute approximate surface area is 104 Å². The number of carbonyl (C=O) groups is 1. The van der Waals surface area contributed by atoms with Gasteiger partial charge in [0.05, 0.1) is 0 Å². The maximum Gasteiger partial charge on any atom is 0.407 e. The molecule has 0 radical (unpaired) electrons. The van der Waals surface area contributed by atoms with E-state index >= 15 is 0 Å². The molecule has 0 aromatic carbocycles. The Morgan fingerprint density at radius 3 is 2.53 bits per heavy atom. The first-order chi connectivity index (χ1) is 7.95. The number of nitrogens with one attached hydrogen (secondary N) is 2. The molecule has 5 heteroatoms. The second kappa shape index (κ2) is 9.01. The van der Waals surface area contributed by atoms with E-state index < -0.39 is 11.7 Å². The maximum atomic E-state index is 11.2. The van der Waals surface area contributed by atoms with Crippen LogP contribution in [0.25, 0.3) is 0 Å². The summed E-state index contributed by atoms with van der Waals surface area (Å²) in [5, 5.41) is 5.85. The molecule has 100 valence electrons. The Morgan fingerprint density at radius 2 is 1.94 bits per heavy atom. The zero-order valence-corrected chi connectivity index (χ0v) is 11.1. The molecule has 0 aromatic rings. The number of alkyl carbamates (subject to hydrolysis) is 1. The van der Waals surface area contributed by atoms with Crippen molar-refractivity contribution < 1.29 is 9.53 Å². The predicted molar refractivity (Wildman–Crippen MR) is 69.9 cm³/mol. The van der Waals surface area contributed by atoms with Gasteiger partial charge in [-0.3, -0.25) is 0 Å². The van der Waals surface area contributed by atoms with E-state index in [1.807, 2.05) is 32.9 Å². The second-order valence-electron chi connectivity index (χ2n) is 4.70. The lowest BCUT2D eigenvalue weighted by Gasteiger charge is -2.19. The van der Waals surface area contributed by atoms with Gasteiger partial charge in [0.15, 0.2) is 0 Å². The summed E-state index contributed by atoms with van der Waals surface area (Å²) in [5.41, 5.74) is 4.91. The normalized spacial score (nSPS) is 11.8. The lowest BCUT2D eigenvalue weighted by molar-refractivity contribution is 0.0534. The standard InChI is InChI=1S/C12H25N3O2/c1-12(2,3)17-11(16)15-10-5-4-8-14-9-6-7-13/h4-5,14H,6-10,13H2,1-3H3,(H,15,16)/b5-4+. The van der Waals surface area contributed by atoms with E-state index in [0.717, 1.165) is 19.5 Å². The predicted octanol–water partition coefficient (Wildman–Crippen LogP) is 1.01. The fourth-order valence-corrected chi connectivity index (χ4v) is 1.04. The third-order valence-electron chi connectivity index (χ3n) is 1.75. The zero-order valence-electron chi connectivity index (χ0n) is 11.1. The molecular formula is C12H25N3O2. The summed E-state index contributed by atoms with van der Waals surface area (Å²) in [7, 11) is 0. The van der Waals surface area contributed by atoms with Crippen molar-refractivity contribution in [3.63, 3.8) is 0 Å². The number of hydrogen-bond acceptors (Lipinski definition) is 4. The van der Waals surface area contributed by atoms with Gasteiger partial charge >= 0.3 is 6.09 Å². The zero-order chi connectivity index (χ0) is 13.1. The van der Waals surface area contributed by atoms with Gasteiger partial charge in [0.2, 0.25) is 0 Å². The van der Waals surface area contributed by atoms with Crippen molar-refractivity contribution in [1.82, 2.24) is 10.6 Å². The molecule has 0 heterocycles. The molecule has 0 rings (SSSR count).